The average molecular weight is 310 g/mol. The van der Waals surface area contributed by atoms with Crippen LogP contribution in [0.2, 0.25) is 0 Å². The molecule has 0 saturated carbocycles. The molecule has 0 fully saturated rings. The van der Waals surface area contributed by atoms with Gasteiger partial charge in [0.05, 0.1) is 16.5 Å². The predicted molar refractivity (Wildman–Crippen MR) is 101 cm³/mol. The summed E-state index contributed by atoms with van der Waals surface area (Å²) in [6.07, 6.45) is 6.90. The highest BCUT2D eigenvalue weighted by atomic mass is 14.9. The monoisotopic (exact) mass is 310 g/mol. The lowest BCUT2D eigenvalue weighted by molar-refractivity contribution is 0.421. The zero-order valence-corrected chi connectivity index (χ0v) is 16.0. The molecule has 0 aromatic heterocycles. The summed E-state index contributed by atoms with van der Waals surface area (Å²) in [4.78, 5) is 9.79. The summed E-state index contributed by atoms with van der Waals surface area (Å²) in [7, 11) is 0. The Morgan fingerprint density at radius 3 is 1.78 bits per heavy atom. The number of aliphatic imine (C=N–C) groups is 2. The normalized spacial score (nSPS) is 32.0. The molecule has 0 radical (unpaired) electrons. The molecule has 0 bridgehead atoms. The molecule has 2 heterocycles. The van der Waals surface area contributed by atoms with E-state index in [9.17, 15) is 0 Å². The number of hydrogen-bond acceptors (Lipinski definition) is 2. The first-order chi connectivity index (χ1) is 10.5. The second-order valence-corrected chi connectivity index (χ2v) is 8.87. The third-order valence-corrected chi connectivity index (χ3v) is 5.74. The van der Waals surface area contributed by atoms with Crippen molar-refractivity contribution in [1.82, 2.24) is 0 Å². The number of nitrogens with zero attached hydrogens (tertiary/aromatic N) is 2. The zero-order chi connectivity index (χ0) is 17.2. The number of hydrogen-bond donors (Lipinski definition) is 0. The van der Waals surface area contributed by atoms with E-state index in [0.717, 1.165) is 12.8 Å². The van der Waals surface area contributed by atoms with E-state index in [0.29, 0.717) is 0 Å². The van der Waals surface area contributed by atoms with Gasteiger partial charge in [0, 0.05) is 11.4 Å². The van der Waals surface area contributed by atoms with Gasteiger partial charge in [0.25, 0.3) is 0 Å². The maximum absolute atomic E-state index is 4.95. The minimum absolute atomic E-state index is 0.0334. The van der Waals surface area contributed by atoms with Gasteiger partial charge in [-0.15, -0.1) is 0 Å². The third kappa shape index (κ3) is 2.47. The Morgan fingerprint density at radius 2 is 1.39 bits per heavy atom. The summed E-state index contributed by atoms with van der Waals surface area (Å²) in [6.45, 7) is 17.8. The summed E-state index contributed by atoms with van der Waals surface area (Å²) < 4.78 is 0. The molecule has 0 aromatic rings. The van der Waals surface area contributed by atoms with Gasteiger partial charge in [-0.05, 0) is 79.4 Å². The van der Waals surface area contributed by atoms with Crippen molar-refractivity contribution in [3.8, 4) is 0 Å². The maximum Gasteiger partial charge on any atom is 0.0596 e. The van der Waals surface area contributed by atoms with E-state index in [1.807, 2.05) is 0 Å². The Kier molecular flexibility index (Phi) is 3.41. The SMILES string of the molecule is CC1=CC(=C2CC(C)(C)N=C2C)C=C(C)C12CC(C)(C)N=C2C. The first kappa shape index (κ1) is 16.4. The topological polar surface area (TPSA) is 24.7 Å². The molecule has 2 nitrogen and oxygen atoms in total. The van der Waals surface area contributed by atoms with Crippen LogP contribution in [0.3, 0.4) is 0 Å². The van der Waals surface area contributed by atoms with Crippen molar-refractivity contribution in [2.75, 3.05) is 0 Å². The number of rotatable bonds is 0. The van der Waals surface area contributed by atoms with Crippen molar-refractivity contribution in [2.45, 2.75) is 79.3 Å². The second kappa shape index (κ2) is 4.78. The fourth-order valence-corrected chi connectivity index (χ4v) is 4.89. The van der Waals surface area contributed by atoms with Crippen LogP contribution in [0, 0.1) is 5.41 Å². The van der Waals surface area contributed by atoms with E-state index in [1.54, 1.807) is 0 Å². The van der Waals surface area contributed by atoms with Crippen LogP contribution >= 0.6 is 0 Å². The number of allylic oxidation sites excluding steroid dienone is 5. The minimum atomic E-state index is 0.0334. The van der Waals surface area contributed by atoms with E-state index >= 15 is 0 Å². The zero-order valence-electron chi connectivity index (χ0n) is 16.0. The molecule has 3 aliphatic rings. The van der Waals surface area contributed by atoms with Gasteiger partial charge >= 0.3 is 0 Å². The summed E-state index contributed by atoms with van der Waals surface area (Å²) in [5.41, 5.74) is 8.22. The summed E-state index contributed by atoms with van der Waals surface area (Å²) >= 11 is 0. The van der Waals surface area contributed by atoms with Gasteiger partial charge in [0.2, 0.25) is 0 Å². The van der Waals surface area contributed by atoms with Crippen LogP contribution in [0.5, 0.6) is 0 Å². The lowest BCUT2D eigenvalue weighted by atomic mass is 9.64. The fraction of sp³-hybridized carbons (Fsp3) is 0.619. The van der Waals surface area contributed by atoms with Crippen molar-refractivity contribution in [2.24, 2.45) is 15.4 Å². The summed E-state index contributed by atoms with van der Waals surface area (Å²) in [5.74, 6) is 0. The van der Waals surface area contributed by atoms with Gasteiger partial charge in [-0.25, -0.2) is 0 Å². The molecular weight excluding hydrogens is 280 g/mol. The smallest absolute Gasteiger partial charge is 0.0596 e. The van der Waals surface area contributed by atoms with Crippen molar-refractivity contribution in [1.29, 1.82) is 0 Å². The standard InChI is InChI=1S/C21H30N2/c1-13-9-17(18-11-19(5,6)22-15(18)3)10-14(2)21(13)12-20(7,8)23-16(21)4/h9-10H,11-12H2,1-8H3. The molecule has 0 saturated heterocycles. The molecule has 124 valence electrons. The van der Waals surface area contributed by atoms with Crippen LogP contribution in [0.15, 0.2) is 44.4 Å². The molecule has 1 spiro atoms. The Labute approximate surface area is 141 Å². The fourth-order valence-electron chi connectivity index (χ4n) is 4.89. The Balaban J connectivity index is 2.09. The van der Waals surface area contributed by atoms with Crippen LogP contribution in [-0.4, -0.2) is 22.5 Å². The quantitative estimate of drug-likeness (QED) is 0.567. The highest BCUT2D eigenvalue weighted by Crippen LogP contribution is 2.52. The van der Waals surface area contributed by atoms with Crippen LogP contribution in [0.25, 0.3) is 0 Å². The van der Waals surface area contributed by atoms with Gasteiger partial charge in [0.1, 0.15) is 0 Å². The molecule has 0 N–H and O–H groups in total. The van der Waals surface area contributed by atoms with Crippen molar-refractivity contribution >= 4 is 11.4 Å². The van der Waals surface area contributed by atoms with Gasteiger partial charge in [-0.1, -0.05) is 23.3 Å². The maximum atomic E-state index is 4.95. The van der Waals surface area contributed by atoms with E-state index in [-0.39, 0.29) is 16.5 Å². The van der Waals surface area contributed by atoms with Crippen LogP contribution in [0.4, 0.5) is 0 Å². The molecule has 23 heavy (non-hydrogen) atoms. The van der Waals surface area contributed by atoms with Gasteiger partial charge in [-0.3, -0.25) is 9.98 Å². The van der Waals surface area contributed by atoms with E-state index in [2.05, 4.69) is 67.5 Å². The second-order valence-electron chi connectivity index (χ2n) is 8.87. The van der Waals surface area contributed by atoms with Gasteiger partial charge in [0.15, 0.2) is 0 Å². The molecule has 3 rings (SSSR count). The van der Waals surface area contributed by atoms with E-state index < -0.39 is 0 Å². The highest BCUT2D eigenvalue weighted by molar-refractivity contribution is 6.03. The van der Waals surface area contributed by atoms with Gasteiger partial charge in [-0.2, -0.15) is 0 Å². The lowest BCUT2D eigenvalue weighted by Crippen LogP contribution is -2.33. The predicted octanol–water partition coefficient (Wildman–Crippen LogP) is 5.46. The van der Waals surface area contributed by atoms with Crippen LogP contribution < -0.4 is 0 Å². The molecule has 0 atom stereocenters. The van der Waals surface area contributed by atoms with Crippen LogP contribution in [0.1, 0.15) is 68.2 Å². The van der Waals surface area contributed by atoms with Crippen molar-refractivity contribution in [3.05, 3.63) is 34.4 Å². The van der Waals surface area contributed by atoms with E-state index in [4.69, 9.17) is 9.98 Å². The van der Waals surface area contributed by atoms with Crippen LogP contribution in [-0.2, 0) is 0 Å². The molecule has 0 aromatic carbocycles. The Bertz CT molecular complexity index is 699. The highest BCUT2D eigenvalue weighted by Gasteiger charge is 2.48. The largest absolute Gasteiger partial charge is 0.287 e. The molecule has 0 unspecified atom stereocenters. The molecule has 2 heteroatoms. The Morgan fingerprint density at radius 1 is 0.826 bits per heavy atom. The lowest BCUT2D eigenvalue weighted by Gasteiger charge is -2.37. The Hall–Kier alpha value is -1.44. The third-order valence-electron chi connectivity index (χ3n) is 5.74. The molecule has 2 aliphatic heterocycles. The minimum Gasteiger partial charge on any atom is -0.287 e. The van der Waals surface area contributed by atoms with Crippen molar-refractivity contribution in [3.63, 3.8) is 0 Å². The molecule has 0 amide bonds. The van der Waals surface area contributed by atoms with Crippen molar-refractivity contribution < 1.29 is 0 Å². The first-order valence-electron chi connectivity index (χ1n) is 8.71. The summed E-state index contributed by atoms with van der Waals surface area (Å²) in [6, 6.07) is 0. The molecular formula is C21H30N2. The van der Waals surface area contributed by atoms with Gasteiger partial charge < -0.3 is 0 Å². The molecule has 1 aliphatic carbocycles. The average Bonchev–Trinajstić information content (AvgIpc) is 2.79. The first-order valence-corrected chi connectivity index (χ1v) is 8.71. The summed E-state index contributed by atoms with van der Waals surface area (Å²) in [5, 5.41) is 0. The van der Waals surface area contributed by atoms with E-state index in [1.165, 1.54) is 33.7 Å².